The van der Waals surface area contributed by atoms with Crippen molar-refractivity contribution < 1.29 is 0 Å². The van der Waals surface area contributed by atoms with E-state index in [1.54, 1.807) is 0 Å². The Morgan fingerprint density at radius 3 is 2.20 bits per heavy atom. The molecule has 0 aliphatic heterocycles. The summed E-state index contributed by atoms with van der Waals surface area (Å²) >= 11 is 3.55. The molecule has 0 radical (unpaired) electrons. The molecule has 0 aromatic carbocycles. The summed E-state index contributed by atoms with van der Waals surface area (Å²) in [5, 5.41) is 1.10. The number of alkyl halides is 1. The van der Waals surface area contributed by atoms with E-state index in [4.69, 9.17) is 0 Å². The van der Waals surface area contributed by atoms with Crippen molar-refractivity contribution >= 4 is 15.9 Å². The van der Waals surface area contributed by atoms with E-state index in [9.17, 15) is 0 Å². The summed E-state index contributed by atoms with van der Waals surface area (Å²) < 4.78 is 0. The van der Waals surface area contributed by atoms with E-state index < -0.39 is 0 Å². The van der Waals surface area contributed by atoms with Crippen LogP contribution in [0.1, 0.15) is 26.2 Å². The molecule has 1 atom stereocenters. The quantitative estimate of drug-likeness (QED) is 0.688. The first-order chi connectivity index (χ1) is 7.00. The maximum Gasteiger partial charge on any atom is 0.0330 e. The van der Waals surface area contributed by atoms with Crippen LogP contribution in [0.5, 0.6) is 0 Å². The van der Waals surface area contributed by atoms with Gasteiger partial charge in [0.2, 0.25) is 0 Å². The highest BCUT2D eigenvalue weighted by molar-refractivity contribution is 9.09. The van der Waals surface area contributed by atoms with Crippen LogP contribution in [-0.4, -0.2) is 54.9 Å². The minimum Gasteiger partial charge on any atom is -0.304 e. The average Bonchev–Trinajstić information content (AvgIpc) is 2.10. The van der Waals surface area contributed by atoms with Crippen molar-refractivity contribution in [3.63, 3.8) is 0 Å². The lowest BCUT2D eigenvalue weighted by atomic mass is 9.75. The molecule has 1 unspecified atom stereocenters. The fourth-order valence-electron chi connectivity index (χ4n) is 2.48. The monoisotopic (exact) mass is 276 g/mol. The molecule has 0 aromatic heterocycles. The molecule has 2 nitrogen and oxygen atoms in total. The Morgan fingerprint density at radius 1 is 1.27 bits per heavy atom. The molecule has 15 heavy (non-hydrogen) atoms. The van der Waals surface area contributed by atoms with Crippen molar-refractivity contribution in [2.45, 2.75) is 31.7 Å². The lowest BCUT2D eigenvalue weighted by Gasteiger charge is -2.49. The van der Waals surface area contributed by atoms with Gasteiger partial charge in [-0.25, -0.2) is 0 Å². The van der Waals surface area contributed by atoms with Gasteiger partial charge in [0, 0.05) is 24.0 Å². The fraction of sp³-hybridized carbons (Fsp3) is 1.00. The van der Waals surface area contributed by atoms with Gasteiger partial charge in [0.15, 0.2) is 0 Å². The Hall–Kier alpha value is 0.400. The SMILES string of the molecule is CC(CBr)CN(C)CC1(N(C)C)CCC1. The Labute approximate surface area is 103 Å². The van der Waals surface area contributed by atoms with Crippen molar-refractivity contribution in [3.8, 4) is 0 Å². The van der Waals surface area contributed by atoms with Crippen LogP contribution in [0.2, 0.25) is 0 Å². The van der Waals surface area contributed by atoms with Crippen LogP contribution in [0.4, 0.5) is 0 Å². The third-order valence-corrected chi connectivity index (χ3v) is 4.79. The summed E-state index contributed by atoms with van der Waals surface area (Å²) in [7, 11) is 6.70. The molecule has 0 saturated heterocycles. The van der Waals surface area contributed by atoms with E-state index in [2.05, 4.69) is 53.8 Å². The van der Waals surface area contributed by atoms with Crippen molar-refractivity contribution in [1.82, 2.24) is 9.80 Å². The van der Waals surface area contributed by atoms with Crippen LogP contribution in [0, 0.1) is 5.92 Å². The highest BCUT2D eigenvalue weighted by Gasteiger charge is 2.39. The van der Waals surface area contributed by atoms with E-state index in [0.29, 0.717) is 5.54 Å². The fourth-order valence-corrected chi connectivity index (χ4v) is 2.68. The van der Waals surface area contributed by atoms with Crippen molar-refractivity contribution in [3.05, 3.63) is 0 Å². The van der Waals surface area contributed by atoms with Crippen LogP contribution in [0.3, 0.4) is 0 Å². The van der Waals surface area contributed by atoms with Gasteiger partial charge in [-0.05, 0) is 46.3 Å². The van der Waals surface area contributed by atoms with Crippen LogP contribution in [0.15, 0.2) is 0 Å². The van der Waals surface area contributed by atoms with E-state index in [1.165, 1.54) is 32.4 Å². The first-order valence-electron chi connectivity index (χ1n) is 5.92. The molecule has 1 rings (SSSR count). The number of hydrogen-bond acceptors (Lipinski definition) is 2. The van der Waals surface area contributed by atoms with Crippen LogP contribution < -0.4 is 0 Å². The maximum absolute atomic E-state index is 3.55. The minimum absolute atomic E-state index is 0.473. The summed E-state index contributed by atoms with van der Waals surface area (Å²) in [4.78, 5) is 4.91. The van der Waals surface area contributed by atoms with Crippen LogP contribution in [0.25, 0.3) is 0 Å². The minimum atomic E-state index is 0.473. The van der Waals surface area contributed by atoms with Gasteiger partial charge in [0.25, 0.3) is 0 Å². The van der Waals surface area contributed by atoms with E-state index in [-0.39, 0.29) is 0 Å². The molecule has 1 saturated carbocycles. The van der Waals surface area contributed by atoms with Crippen molar-refractivity contribution in [1.29, 1.82) is 0 Å². The summed E-state index contributed by atoms with van der Waals surface area (Å²) in [6, 6.07) is 0. The molecule has 1 fully saturated rings. The molecule has 0 amide bonds. The lowest BCUT2D eigenvalue weighted by Crippen LogP contribution is -2.57. The third kappa shape index (κ3) is 3.43. The lowest BCUT2D eigenvalue weighted by molar-refractivity contribution is 0.0254. The summed E-state index contributed by atoms with van der Waals surface area (Å²) in [5.74, 6) is 0.745. The smallest absolute Gasteiger partial charge is 0.0330 e. The zero-order chi connectivity index (χ0) is 11.5. The summed E-state index contributed by atoms with van der Waals surface area (Å²) in [6.45, 7) is 4.71. The van der Waals surface area contributed by atoms with Crippen LogP contribution >= 0.6 is 15.9 Å². The molecule has 0 N–H and O–H groups in total. The molecular formula is C12H25BrN2. The first-order valence-corrected chi connectivity index (χ1v) is 7.04. The highest BCUT2D eigenvalue weighted by atomic mass is 79.9. The predicted molar refractivity (Wildman–Crippen MR) is 70.7 cm³/mol. The number of rotatable bonds is 6. The number of nitrogens with zero attached hydrogens (tertiary/aromatic N) is 2. The van der Waals surface area contributed by atoms with E-state index in [1.807, 2.05) is 0 Å². The van der Waals surface area contributed by atoms with Gasteiger partial charge < -0.3 is 9.80 Å². The normalized spacial score (nSPS) is 21.8. The number of likely N-dealkylation sites (N-methyl/N-ethyl adjacent to an activating group) is 2. The molecule has 90 valence electrons. The van der Waals surface area contributed by atoms with Gasteiger partial charge >= 0.3 is 0 Å². The molecule has 3 heteroatoms. The Kier molecular flexibility index (Phi) is 5.07. The van der Waals surface area contributed by atoms with Crippen molar-refractivity contribution in [2.75, 3.05) is 39.6 Å². The van der Waals surface area contributed by atoms with Gasteiger partial charge in [-0.1, -0.05) is 22.9 Å². The summed E-state index contributed by atoms with van der Waals surface area (Å²) in [6.07, 6.45) is 4.14. The Bertz CT molecular complexity index is 190. The maximum atomic E-state index is 3.55. The second-order valence-corrected chi connectivity index (χ2v) is 6.08. The van der Waals surface area contributed by atoms with Gasteiger partial charge in [-0.2, -0.15) is 0 Å². The zero-order valence-electron chi connectivity index (χ0n) is 10.6. The van der Waals surface area contributed by atoms with E-state index >= 15 is 0 Å². The molecule has 1 aliphatic carbocycles. The molecular weight excluding hydrogens is 252 g/mol. The largest absolute Gasteiger partial charge is 0.304 e. The Morgan fingerprint density at radius 2 is 1.87 bits per heavy atom. The van der Waals surface area contributed by atoms with Gasteiger partial charge in [-0.15, -0.1) is 0 Å². The number of halogens is 1. The zero-order valence-corrected chi connectivity index (χ0v) is 12.2. The highest BCUT2D eigenvalue weighted by Crippen LogP contribution is 2.36. The predicted octanol–water partition coefficient (Wildman–Crippen LogP) is 2.43. The molecule has 0 bridgehead atoms. The molecule has 1 aliphatic rings. The van der Waals surface area contributed by atoms with Gasteiger partial charge in [0.1, 0.15) is 0 Å². The number of hydrogen-bond donors (Lipinski definition) is 0. The standard InChI is InChI=1S/C12H25BrN2/c1-11(8-13)9-15(4)10-12(14(2)3)6-5-7-12/h11H,5-10H2,1-4H3. The van der Waals surface area contributed by atoms with Gasteiger partial charge in [0.05, 0.1) is 0 Å². The topological polar surface area (TPSA) is 6.48 Å². The summed E-state index contributed by atoms with van der Waals surface area (Å²) in [5.41, 5.74) is 0.473. The third-order valence-electron chi connectivity index (χ3n) is 3.68. The molecule has 0 spiro atoms. The average molecular weight is 277 g/mol. The second-order valence-electron chi connectivity index (χ2n) is 5.43. The second kappa shape index (κ2) is 5.65. The first kappa shape index (κ1) is 13.5. The Balaban J connectivity index is 2.38. The van der Waals surface area contributed by atoms with E-state index in [0.717, 1.165) is 11.2 Å². The van der Waals surface area contributed by atoms with Crippen LogP contribution in [-0.2, 0) is 0 Å². The molecule has 0 aromatic rings. The molecule has 0 heterocycles. The van der Waals surface area contributed by atoms with Crippen molar-refractivity contribution in [2.24, 2.45) is 5.92 Å². The van der Waals surface area contributed by atoms with Gasteiger partial charge in [-0.3, -0.25) is 0 Å².